The van der Waals surface area contributed by atoms with Crippen molar-refractivity contribution < 1.29 is 5.11 Å². The number of unbranched alkanes of at least 4 members (excludes halogenated alkanes) is 5. The smallest absolute Gasteiger partial charge is 0.0596 e. The summed E-state index contributed by atoms with van der Waals surface area (Å²) in [5.41, 5.74) is 0. The highest BCUT2D eigenvalue weighted by atomic mass is 16.3. The molecule has 1 N–H and O–H groups in total. The van der Waals surface area contributed by atoms with E-state index < -0.39 is 0 Å². The molecule has 0 amide bonds. The van der Waals surface area contributed by atoms with E-state index in [1.807, 2.05) is 0 Å². The highest BCUT2D eigenvalue weighted by molar-refractivity contribution is 4.84. The van der Waals surface area contributed by atoms with E-state index in [0.717, 1.165) is 0 Å². The van der Waals surface area contributed by atoms with Crippen LogP contribution in [0.4, 0.5) is 0 Å². The zero-order valence-corrected chi connectivity index (χ0v) is 12.0. The van der Waals surface area contributed by atoms with Crippen LogP contribution in [-0.4, -0.2) is 11.2 Å². The van der Waals surface area contributed by atoms with Gasteiger partial charge in [-0.05, 0) is 37.5 Å². The first-order valence-corrected chi connectivity index (χ1v) is 7.97. The van der Waals surface area contributed by atoms with Crippen molar-refractivity contribution in [3.63, 3.8) is 0 Å². The minimum atomic E-state index is 0.0210. The summed E-state index contributed by atoms with van der Waals surface area (Å²) in [5.74, 6) is 1.24. The van der Waals surface area contributed by atoms with Gasteiger partial charge in [-0.3, -0.25) is 0 Å². The lowest BCUT2D eigenvalue weighted by Crippen LogP contribution is -2.21. The standard InChI is InChI=1S/C16H32O/c1-3-5-7-8-9-11-15-13-12-14(16(15)17)10-6-4-2/h14-17H,3-13H2,1-2H3. The molecule has 0 aliphatic heterocycles. The quantitative estimate of drug-likeness (QED) is 0.567. The molecule has 0 bridgehead atoms. The van der Waals surface area contributed by atoms with Crippen LogP contribution >= 0.6 is 0 Å². The lowest BCUT2D eigenvalue weighted by atomic mass is 9.92. The van der Waals surface area contributed by atoms with Crippen LogP contribution in [0.25, 0.3) is 0 Å². The summed E-state index contributed by atoms with van der Waals surface area (Å²) in [5, 5.41) is 10.3. The van der Waals surface area contributed by atoms with E-state index in [2.05, 4.69) is 13.8 Å². The maximum Gasteiger partial charge on any atom is 0.0596 e. The lowest BCUT2D eigenvalue weighted by Gasteiger charge is -2.19. The summed E-state index contributed by atoms with van der Waals surface area (Å²) >= 11 is 0. The summed E-state index contributed by atoms with van der Waals surface area (Å²) in [7, 11) is 0. The number of hydrogen-bond acceptors (Lipinski definition) is 1. The van der Waals surface area contributed by atoms with Gasteiger partial charge in [0.15, 0.2) is 0 Å². The zero-order chi connectivity index (χ0) is 12.5. The molecule has 0 aromatic carbocycles. The first-order valence-electron chi connectivity index (χ1n) is 7.97. The first kappa shape index (κ1) is 15.0. The van der Waals surface area contributed by atoms with Gasteiger partial charge < -0.3 is 5.11 Å². The van der Waals surface area contributed by atoms with E-state index >= 15 is 0 Å². The van der Waals surface area contributed by atoms with Crippen molar-refractivity contribution in [2.75, 3.05) is 0 Å². The molecule has 102 valence electrons. The monoisotopic (exact) mass is 240 g/mol. The van der Waals surface area contributed by atoms with Crippen molar-refractivity contribution in [3.05, 3.63) is 0 Å². The van der Waals surface area contributed by atoms with Gasteiger partial charge in [0.05, 0.1) is 6.10 Å². The average molecular weight is 240 g/mol. The Labute approximate surface area is 108 Å². The van der Waals surface area contributed by atoms with Crippen LogP contribution in [0.1, 0.15) is 84.5 Å². The summed E-state index contributed by atoms with van der Waals surface area (Å²) in [6, 6.07) is 0. The maximum atomic E-state index is 10.3. The molecule has 3 unspecified atom stereocenters. The summed E-state index contributed by atoms with van der Waals surface area (Å²) in [4.78, 5) is 0. The second-order valence-electron chi connectivity index (χ2n) is 5.93. The lowest BCUT2D eigenvalue weighted by molar-refractivity contribution is 0.0817. The Hall–Kier alpha value is -0.0400. The molecule has 0 aromatic rings. The van der Waals surface area contributed by atoms with Crippen LogP contribution in [-0.2, 0) is 0 Å². The number of aliphatic hydroxyl groups excluding tert-OH is 1. The van der Waals surface area contributed by atoms with Crippen molar-refractivity contribution in [2.24, 2.45) is 11.8 Å². The van der Waals surface area contributed by atoms with Crippen LogP contribution in [0.15, 0.2) is 0 Å². The number of rotatable bonds is 9. The molecule has 0 aromatic heterocycles. The molecular formula is C16H32O. The second kappa shape index (κ2) is 8.97. The van der Waals surface area contributed by atoms with Crippen LogP contribution < -0.4 is 0 Å². The number of hydrogen-bond donors (Lipinski definition) is 1. The van der Waals surface area contributed by atoms with Gasteiger partial charge >= 0.3 is 0 Å². The SMILES string of the molecule is CCCCCCCC1CCC(CCCC)C1O. The van der Waals surface area contributed by atoms with Gasteiger partial charge in [0.25, 0.3) is 0 Å². The molecule has 17 heavy (non-hydrogen) atoms. The Bertz CT molecular complexity index is 178. The van der Waals surface area contributed by atoms with Crippen molar-refractivity contribution in [1.82, 2.24) is 0 Å². The van der Waals surface area contributed by atoms with Crippen molar-refractivity contribution in [1.29, 1.82) is 0 Å². The van der Waals surface area contributed by atoms with Gasteiger partial charge in [-0.1, -0.05) is 58.8 Å². The van der Waals surface area contributed by atoms with E-state index in [0.29, 0.717) is 11.8 Å². The second-order valence-corrected chi connectivity index (χ2v) is 5.93. The molecule has 1 saturated carbocycles. The summed E-state index contributed by atoms with van der Waals surface area (Å²) in [6.07, 6.45) is 14.5. The van der Waals surface area contributed by atoms with Gasteiger partial charge in [-0.25, -0.2) is 0 Å². The molecule has 3 atom stereocenters. The molecule has 1 aliphatic rings. The molecule has 1 aliphatic carbocycles. The fourth-order valence-electron chi connectivity index (χ4n) is 3.26. The van der Waals surface area contributed by atoms with E-state index in [4.69, 9.17) is 0 Å². The molecule has 0 saturated heterocycles. The Morgan fingerprint density at radius 3 is 1.88 bits per heavy atom. The van der Waals surface area contributed by atoms with Crippen LogP contribution in [0.3, 0.4) is 0 Å². The summed E-state index contributed by atoms with van der Waals surface area (Å²) in [6.45, 7) is 4.51. The minimum Gasteiger partial charge on any atom is -0.393 e. The topological polar surface area (TPSA) is 20.2 Å². The molecule has 1 rings (SSSR count). The van der Waals surface area contributed by atoms with E-state index in [-0.39, 0.29) is 6.10 Å². The molecule has 1 fully saturated rings. The van der Waals surface area contributed by atoms with Gasteiger partial charge in [0.2, 0.25) is 0 Å². The Morgan fingerprint density at radius 2 is 1.29 bits per heavy atom. The van der Waals surface area contributed by atoms with Gasteiger partial charge in [0, 0.05) is 0 Å². The molecular weight excluding hydrogens is 208 g/mol. The van der Waals surface area contributed by atoms with E-state index in [1.54, 1.807) is 0 Å². The molecule has 1 nitrogen and oxygen atoms in total. The Balaban J connectivity index is 2.09. The van der Waals surface area contributed by atoms with Gasteiger partial charge in [-0.15, -0.1) is 0 Å². The van der Waals surface area contributed by atoms with E-state index in [1.165, 1.54) is 70.6 Å². The van der Waals surface area contributed by atoms with Crippen LogP contribution in [0.2, 0.25) is 0 Å². The normalized spacial score (nSPS) is 28.8. The van der Waals surface area contributed by atoms with Crippen molar-refractivity contribution in [3.8, 4) is 0 Å². The third-order valence-electron chi connectivity index (χ3n) is 4.48. The van der Waals surface area contributed by atoms with E-state index in [9.17, 15) is 5.11 Å². The third-order valence-corrected chi connectivity index (χ3v) is 4.48. The predicted molar refractivity (Wildman–Crippen MR) is 75.1 cm³/mol. The minimum absolute atomic E-state index is 0.0210. The maximum absolute atomic E-state index is 10.3. The van der Waals surface area contributed by atoms with Crippen molar-refractivity contribution in [2.45, 2.75) is 90.6 Å². The van der Waals surface area contributed by atoms with Crippen LogP contribution in [0.5, 0.6) is 0 Å². The zero-order valence-electron chi connectivity index (χ0n) is 12.0. The Morgan fingerprint density at radius 1 is 0.765 bits per heavy atom. The fourth-order valence-corrected chi connectivity index (χ4v) is 3.26. The summed E-state index contributed by atoms with van der Waals surface area (Å²) < 4.78 is 0. The largest absolute Gasteiger partial charge is 0.393 e. The average Bonchev–Trinajstić information content (AvgIpc) is 2.68. The van der Waals surface area contributed by atoms with Crippen LogP contribution in [0, 0.1) is 11.8 Å². The van der Waals surface area contributed by atoms with Crippen molar-refractivity contribution >= 4 is 0 Å². The molecule has 0 heterocycles. The highest BCUT2D eigenvalue weighted by Crippen LogP contribution is 2.37. The predicted octanol–water partition coefficient (Wildman–Crippen LogP) is 4.92. The molecule has 0 spiro atoms. The van der Waals surface area contributed by atoms with Gasteiger partial charge in [-0.2, -0.15) is 0 Å². The molecule has 0 radical (unpaired) electrons. The van der Waals surface area contributed by atoms with Gasteiger partial charge in [0.1, 0.15) is 0 Å². The third kappa shape index (κ3) is 5.42. The Kier molecular flexibility index (Phi) is 7.92. The first-order chi connectivity index (χ1) is 8.29. The molecule has 1 heteroatoms. The fraction of sp³-hybridized carbons (Fsp3) is 1.00. The number of aliphatic hydroxyl groups is 1. The highest BCUT2D eigenvalue weighted by Gasteiger charge is 2.33.